The molecule has 3 heterocycles. The Balaban J connectivity index is 2.03. The first-order chi connectivity index (χ1) is 9.67. The molecule has 9 heteroatoms. The van der Waals surface area contributed by atoms with Crippen LogP contribution in [0.25, 0.3) is 11.0 Å². The van der Waals surface area contributed by atoms with Crippen molar-refractivity contribution in [1.29, 1.82) is 0 Å². The molecule has 20 heavy (non-hydrogen) atoms. The summed E-state index contributed by atoms with van der Waals surface area (Å²) in [6.07, 6.45) is -2.44. The van der Waals surface area contributed by atoms with E-state index >= 15 is 0 Å². The van der Waals surface area contributed by atoms with Gasteiger partial charge in [0.25, 0.3) is 0 Å². The van der Waals surface area contributed by atoms with Crippen LogP contribution in [-0.2, 0) is 4.74 Å². The number of fused-ring (bicyclic) bond motifs is 1. The van der Waals surface area contributed by atoms with E-state index in [0.29, 0.717) is 16.7 Å². The number of rotatable bonds is 3. The Morgan fingerprint density at radius 3 is 2.75 bits per heavy atom. The van der Waals surface area contributed by atoms with E-state index in [2.05, 4.69) is 20.2 Å². The third-order valence-corrected chi connectivity index (χ3v) is 4.79. The van der Waals surface area contributed by atoms with Crippen LogP contribution in [0.15, 0.2) is 6.33 Å². The fraction of sp³-hybridized carbons (Fsp3) is 0.545. The van der Waals surface area contributed by atoms with E-state index in [0.717, 1.165) is 4.59 Å². The molecule has 4 N–H and O–H groups in total. The van der Waals surface area contributed by atoms with Crippen molar-refractivity contribution in [1.82, 2.24) is 20.2 Å². The summed E-state index contributed by atoms with van der Waals surface area (Å²) in [4.78, 5) is 8.35. The van der Waals surface area contributed by atoms with E-state index in [9.17, 15) is 10.2 Å². The molecule has 0 saturated carbocycles. The van der Waals surface area contributed by atoms with Gasteiger partial charge in [0.2, 0.25) is 0 Å². The number of hydrogen-bond donors (Lipinski definition) is 4. The molecule has 1 saturated heterocycles. The zero-order valence-corrected chi connectivity index (χ0v) is 12.3. The molecule has 0 radical (unpaired) electrons. The summed E-state index contributed by atoms with van der Waals surface area (Å²) < 4.78 is 6.34. The summed E-state index contributed by atoms with van der Waals surface area (Å²) in [6, 6.07) is 0. The first-order valence-corrected chi connectivity index (χ1v) is 8.59. The third-order valence-electron chi connectivity index (χ3n) is 3.35. The molecule has 4 unspecified atom stereocenters. The van der Waals surface area contributed by atoms with Gasteiger partial charge in [0, 0.05) is 0 Å². The summed E-state index contributed by atoms with van der Waals surface area (Å²) in [5.74, 6) is 2.02. The Labute approximate surface area is 120 Å². The maximum absolute atomic E-state index is 10.0. The second-order valence-electron chi connectivity index (χ2n) is 4.48. The van der Waals surface area contributed by atoms with Crippen LogP contribution in [0.2, 0.25) is 5.82 Å². The number of aliphatic hydroxyl groups excluding tert-OH is 3. The fourth-order valence-electron chi connectivity index (χ4n) is 2.32. The Kier molecular flexibility index (Phi) is 3.72. The summed E-state index contributed by atoms with van der Waals surface area (Å²) in [6.45, 7) is -0.362. The molecule has 108 valence electrons. The van der Waals surface area contributed by atoms with Crippen LogP contribution in [0, 0.1) is 0 Å². The van der Waals surface area contributed by atoms with E-state index < -0.39 is 24.4 Å². The molecule has 4 atom stereocenters. The monoisotopic (exact) mass is 346 g/mol. The van der Waals surface area contributed by atoms with Gasteiger partial charge in [-0.2, -0.15) is 0 Å². The minimum absolute atomic E-state index is 0.163. The van der Waals surface area contributed by atoms with Gasteiger partial charge in [0.15, 0.2) is 0 Å². The number of nitrogens with one attached hydrogen (secondary N) is 1. The van der Waals surface area contributed by atoms with Gasteiger partial charge in [-0.1, -0.05) is 0 Å². The molecule has 0 aromatic carbocycles. The molecule has 8 nitrogen and oxygen atoms in total. The second kappa shape index (κ2) is 5.36. The number of ether oxygens (including phenoxy) is 1. The van der Waals surface area contributed by atoms with Crippen LogP contribution in [0.3, 0.4) is 0 Å². The van der Waals surface area contributed by atoms with Gasteiger partial charge in [0.1, 0.15) is 0 Å². The van der Waals surface area contributed by atoms with E-state index in [1.54, 1.807) is 0 Å². The predicted molar refractivity (Wildman–Crippen MR) is 69.6 cm³/mol. The summed E-state index contributed by atoms with van der Waals surface area (Å²) in [5, 5.41) is 35.9. The number of aliphatic hydroxyl groups is 3. The van der Waals surface area contributed by atoms with Crippen molar-refractivity contribution >= 4 is 30.6 Å². The van der Waals surface area contributed by atoms with Crippen molar-refractivity contribution in [2.75, 3.05) is 6.61 Å². The molecule has 1 fully saturated rings. The van der Waals surface area contributed by atoms with Gasteiger partial charge in [-0.3, -0.25) is 0 Å². The van der Waals surface area contributed by atoms with Crippen LogP contribution >= 0.6 is 0 Å². The van der Waals surface area contributed by atoms with E-state index in [1.165, 1.54) is 6.33 Å². The van der Waals surface area contributed by atoms with E-state index in [1.807, 2.05) is 5.82 Å². The van der Waals surface area contributed by atoms with Crippen LogP contribution in [-0.4, -0.2) is 75.4 Å². The number of nitrogens with zero attached hydrogens (tertiary/aromatic N) is 3. The molecule has 0 amide bonds. The molecule has 3 rings (SSSR count). The number of H-pyrrole nitrogens is 1. The molecular weight excluding hydrogens is 331 g/mol. The number of aromatic amines is 1. The van der Waals surface area contributed by atoms with E-state index in [-0.39, 0.29) is 21.6 Å². The number of aromatic nitrogens is 4. The minimum atomic E-state index is -1.14. The van der Waals surface area contributed by atoms with Crippen molar-refractivity contribution in [2.45, 2.75) is 30.2 Å². The van der Waals surface area contributed by atoms with Gasteiger partial charge in [-0.15, -0.1) is 0 Å². The molecule has 2 aromatic rings. The van der Waals surface area contributed by atoms with Crippen molar-refractivity contribution in [3.8, 4) is 0 Å². The van der Waals surface area contributed by atoms with Crippen LogP contribution < -0.4 is 4.59 Å². The Morgan fingerprint density at radius 1 is 1.30 bits per heavy atom. The van der Waals surface area contributed by atoms with Crippen molar-refractivity contribution in [3.05, 3.63) is 12.0 Å². The first kappa shape index (κ1) is 13.9. The van der Waals surface area contributed by atoms with E-state index in [4.69, 9.17) is 9.84 Å². The summed E-state index contributed by atoms with van der Waals surface area (Å²) in [7, 11) is 0. The molecule has 0 aliphatic carbocycles. The Morgan fingerprint density at radius 2 is 2.10 bits per heavy atom. The molecule has 2 aromatic heterocycles. The predicted octanol–water partition coefficient (Wildman–Crippen LogP) is -2.12. The molecule has 0 bridgehead atoms. The first-order valence-electron chi connectivity index (χ1n) is 6.02. The van der Waals surface area contributed by atoms with Crippen LogP contribution in [0.1, 0.15) is 11.8 Å². The summed E-state index contributed by atoms with van der Waals surface area (Å²) >= 11 is 0.163. The standard InChI is InChI=1S/C11H14N4O4Se/c1-20-11-7-5(12-3-13-11)6(14-15-7)10-9(18)8(17)4(2-16)19-10/h3-4,8-10,16-18H,2H2,1H3,(H,14,15). The van der Waals surface area contributed by atoms with Crippen LogP contribution in [0.4, 0.5) is 0 Å². The summed E-state index contributed by atoms with van der Waals surface area (Å²) in [5.41, 5.74) is 1.73. The van der Waals surface area contributed by atoms with Gasteiger partial charge < -0.3 is 0 Å². The quantitative estimate of drug-likeness (QED) is 0.469. The van der Waals surface area contributed by atoms with Crippen molar-refractivity contribution < 1.29 is 20.1 Å². The normalized spacial score (nSPS) is 30.2. The molecule has 0 spiro atoms. The Bertz CT molecular complexity index is 621. The average molecular weight is 345 g/mol. The third kappa shape index (κ3) is 2.03. The van der Waals surface area contributed by atoms with Gasteiger partial charge in [-0.05, 0) is 0 Å². The molecule has 1 aliphatic heterocycles. The van der Waals surface area contributed by atoms with Gasteiger partial charge in [0.05, 0.1) is 0 Å². The van der Waals surface area contributed by atoms with Crippen molar-refractivity contribution in [3.63, 3.8) is 0 Å². The van der Waals surface area contributed by atoms with Crippen molar-refractivity contribution in [2.24, 2.45) is 0 Å². The second-order valence-corrected chi connectivity index (χ2v) is 6.14. The van der Waals surface area contributed by atoms with Gasteiger partial charge >= 0.3 is 120 Å². The topological polar surface area (TPSA) is 124 Å². The Hall–Kier alpha value is -1.09. The molecule has 1 aliphatic rings. The van der Waals surface area contributed by atoms with Gasteiger partial charge in [-0.25, -0.2) is 0 Å². The molecular formula is C11H14N4O4Se. The average Bonchev–Trinajstić information content (AvgIpc) is 3.01. The maximum atomic E-state index is 10.0. The SMILES string of the molecule is C[Se]c1ncnc2c(C3OC(CO)C(O)C3O)[nH]nc12. The zero-order chi connectivity index (χ0) is 14.3. The zero-order valence-electron chi connectivity index (χ0n) is 10.6. The number of hydrogen-bond acceptors (Lipinski definition) is 7. The van der Waals surface area contributed by atoms with Crippen LogP contribution in [0.5, 0.6) is 0 Å². The fourth-order valence-corrected chi connectivity index (χ4v) is 3.34.